The van der Waals surface area contributed by atoms with Gasteiger partial charge >= 0.3 is 0 Å². The molecule has 0 amide bonds. The van der Waals surface area contributed by atoms with E-state index in [1.807, 2.05) is 10.9 Å². The Labute approximate surface area is 83.5 Å². The Morgan fingerprint density at radius 3 is 3.00 bits per heavy atom. The second kappa shape index (κ2) is 4.25. The van der Waals surface area contributed by atoms with E-state index in [2.05, 4.69) is 16.5 Å². The number of piperidine rings is 1. The van der Waals surface area contributed by atoms with Crippen LogP contribution in [-0.2, 0) is 6.54 Å². The molecule has 0 atom stereocenters. The van der Waals surface area contributed by atoms with Crippen LogP contribution in [0.25, 0.3) is 0 Å². The Bertz CT molecular complexity index is 330. The molecule has 1 N–H and O–H groups in total. The number of hydrogen-bond donors (Lipinski definition) is 1. The van der Waals surface area contributed by atoms with Gasteiger partial charge in [-0.15, -0.1) is 0 Å². The van der Waals surface area contributed by atoms with Crippen LogP contribution in [0.1, 0.15) is 18.4 Å². The Balaban J connectivity index is 1.93. The summed E-state index contributed by atoms with van der Waals surface area (Å²) < 4.78 is 1.88. The summed E-state index contributed by atoms with van der Waals surface area (Å²) in [5.41, 5.74) is 0.652. The zero-order chi connectivity index (χ0) is 9.80. The minimum absolute atomic E-state index is 0.652. The molecule has 0 bridgehead atoms. The first kappa shape index (κ1) is 9.22. The maximum absolute atomic E-state index is 8.64. The number of nitrogens with one attached hydrogen (secondary N) is 1. The lowest BCUT2D eigenvalue weighted by Crippen LogP contribution is -2.29. The molecule has 0 spiro atoms. The lowest BCUT2D eigenvalue weighted by Gasteiger charge is -2.22. The second-order valence-corrected chi connectivity index (χ2v) is 3.76. The van der Waals surface area contributed by atoms with Crippen LogP contribution < -0.4 is 5.32 Å². The highest BCUT2D eigenvalue weighted by molar-refractivity contribution is 5.21. The van der Waals surface area contributed by atoms with Crippen LogP contribution >= 0.6 is 0 Å². The van der Waals surface area contributed by atoms with E-state index < -0.39 is 0 Å². The van der Waals surface area contributed by atoms with E-state index in [1.165, 1.54) is 12.8 Å². The van der Waals surface area contributed by atoms with Gasteiger partial charge in [0.2, 0.25) is 0 Å². The summed E-state index contributed by atoms with van der Waals surface area (Å²) in [4.78, 5) is 0. The van der Waals surface area contributed by atoms with Crippen LogP contribution in [0.4, 0.5) is 0 Å². The third-order valence-electron chi connectivity index (χ3n) is 2.67. The van der Waals surface area contributed by atoms with Crippen LogP contribution in [0, 0.1) is 17.2 Å². The van der Waals surface area contributed by atoms with Crippen LogP contribution in [-0.4, -0.2) is 22.9 Å². The molecular weight excluding hydrogens is 176 g/mol. The first-order chi connectivity index (χ1) is 6.88. The summed E-state index contributed by atoms with van der Waals surface area (Å²) in [6.45, 7) is 3.16. The third kappa shape index (κ3) is 2.12. The Morgan fingerprint density at radius 2 is 2.36 bits per heavy atom. The van der Waals surface area contributed by atoms with Crippen molar-refractivity contribution in [1.82, 2.24) is 15.1 Å². The van der Waals surface area contributed by atoms with Gasteiger partial charge in [0.25, 0.3) is 0 Å². The van der Waals surface area contributed by atoms with E-state index in [0.29, 0.717) is 11.5 Å². The molecule has 1 aromatic heterocycles. The van der Waals surface area contributed by atoms with Crippen molar-refractivity contribution in [3.05, 3.63) is 18.0 Å². The highest BCUT2D eigenvalue weighted by atomic mass is 15.3. The lowest BCUT2D eigenvalue weighted by molar-refractivity contribution is 0.321. The van der Waals surface area contributed by atoms with Gasteiger partial charge in [0.15, 0.2) is 0 Å². The average molecular weight is 190 g/mol. The number of nitriles is 1. The molecule has 74 valence electrons. The molecule has 0 radical (unpaired) electrons. The summed E-state index contributed by atoms with van der Waals surface area (Å²) in [7, 11) is 0. The molecular formula is C10H14N4. The van der Waals surface area contributed by atoms with Gasteiger partial charge in [0.1, 0.15) is 6.07 Å². The summed E-state index contributed by atoms with van der Waals surface area (Å²) >= 11 is 0. The molecule has 0 aromatic carbocycles. The molecule has 4 nitrogen and oxygen atoms in total. The summed E-state index contributed by atoms with van der Waals surface area (Å²) in [6, 6.07) is 2.09. The molecule has 2 rings (SSSR count). The van der Waals surface area contributed by atoms with Crippen molar-refractivity contribution < 1.29 is 0 Å². The number of hydrogen-bond acceptors (Lipinski definition) is 3. The van der Waals surface area contributed by atoms with Crippen LogP contribution in [0.15, 0.2) is 12.4 Å². The van der Waals surface area contributed by atoms with E-state index in [0.717, 1.165) is 19.6 Å². The maximum atomic E-state index is 8.64. The van der Waals surface area contributed by atoms with Gasteiger partial charge in [-0.2, -0.15) is 10.4 Å². The SMILES string of the molecule is N#Cc1cnn(CC2CCNCC2)c1. The molecule has 14 heavy (non-hydrogen) atoms. The monoisotopic (exact) mass is 190 g/mol. The quantitative estimate of drug-likeness (QED) is 0.749. The number of nitrogens with zero attached hydrogens (tertiary/aromatic N) is 3. The predicted molar refractivity (Wildman–Crippen MR) is 52.5 cm³/mol. The number of aromatic nitrogens is 2. The molecule has 1 aromatic rings. The van der Waals surface area contributed by atoms with E-state index in [-0.39, 0.29) is 0 Å². The van der Waals surface area contributed by atoms with Crippen molar-refractivity contribution >= 4 is 0 Å². The maximum Gasteiger partial charge on any atom is 0.102 e. The van der Waals surface area contributed by atoms with Crippen molar-refractivity contribution in [2.45, 2.75) is 19.4 Å². The molecule has 1 aliphatic heterocycles. The van der Waals surface area contributed by atoms with E-state index in [4.69, 9.17) is 5.26 Å². The van der Waals surface area contributed by atoms with Crippen molar-refractivity contribution in [1.29, 1.82) is 5.26 Å². The molecule has 0 saturated carbocycles. The van der Waals surface area contributed by atoms with Crippen molar-refractivity contribution in [2.75, 3.05) is 13.1 Å². The standard InChI is InChI=1S/C10H14N4/c11-5-10-6-13-14(8-10)7-9-1-3-12-4-2-9/h6,8-9,12H,1-4,7H2. The van der Waals surface area contributed by atoms with Gasteiger partial charge in [0, 0.05) is 12.7 Å². The topological polar surface area (TPSA) is 53.6 Å². The molecule has 0 unspecified atom stereocenters. The fourth-order valence-corrected chi connectivity index (χ4v) is 1.85. The Kier molecular flexibility index (Phi) is 2.80. The fraction of sp³-hybridized carbons (Fsp3) is 0.600. The molecule has 0 aliphatic carbocycles. The van der Waals surface area contributed by atoms with Crippen LogP contribution in [0.3, 0.4) is 0 Å². The van der Waals surface area contributed by atoms with E-state index >= 15 is 0 Å². The van der Waals surface area contributed by atoms with E-state index in [9.17, 15) is 0 Å². The molecule has 4 heteroatoms. The highest BCUT2D eigenvalue weighted by Gasteiger charge is 2.13. The van der Waals surface area contributed by atoms with Crippen molar-refractivity contribution in [3.63, 3.8) is 0 Å². The summed E-state index contributed by atoms with van der Waals surface area (Å²) in [5.74, 6) is 0.711. The average Bonchev–Trinajstić information content (AvgIpc) is 2.67. The zero-order valence-corrected chi connectivity index (χ0v) is 8.11. The summed E-state index contributed by atoms with van der Waals surface area (Å²) in [5, 5.41) is 16.1. The van der Waals surface area contributed by atoms with Gasteiger partial charge in [-0.05, 0) is 31.8 Å². The first-order valence-corrected chi connectivity index (χ1v) is 5.02. The molecule has 1 fully saturated rings. The largest absolute Gasteiger partial charge is 0.317 e. The molecule has 1 saturated heterocycles. The summed E-state index contributed by atoms with van der Waals surface area (Å²) in [6.07, 6.45) is 5.87. The van der Waals surface area contributed by atoms with Gasteiger partial charge in [-0.3, -0.25) is 4.68 Å². The van der Waals surface area contributed by atoms with Gasteiger partial charge in [-0.1, -0.05) is 0 Å². The minimum Gasteiger partial charge on any atom is -0.317 e. The van der Waals surface area contributed by atoms with Gasteiger partial charge in [-0.25, -0.2) is 0 Å². The Morgan fingerprint density at radius 1 is 1.57 bits per heavy atom. The highest BCUT2D eigenvalue weighted by Crippen LogP contribution is 2.13. The van der Waals surface area contributed by atoms with E-state index in [1.54, 1.807) is 6.20 Å². The smallest absolute Gasteiger partial charge is 0.102 e. The second-order valence-electron chi connectivity index (χ2n) is 3.76. The van der Waals surface area contributed by atoms with Gasteiger partial charge in [0.05, 0.1) is 11.8 Å². The normalized spacial score (nSPS) is 17.9. The first-order valence-electron chi connectivity index (χ1n) is 5.02. The fourth-order valence-electron chi connectivity index (χ4n) is 1.85. The van der Waals surface area contributed by atoms with Crippen LogP contribution in [0.2, 0.25) is 0 Å². The lowest BCUT2D eigenvalue weighted by atomic mass is 9.98. The molecule has 1 aliphatic rings. The number of rotatable bonds is 2. The Hall–Kier alpha value is -1.34. The van der Waals surface area contributed by atoms with Gasteiger partial charge < -0.3 is 5.32 Å². The third-order valence-corrected chi connectivity index (χ3v) is 2.67. The zero-order valence-electron chi connectivity index (χ0n) is 8.11. The van der Waals surface area contributed by atoms with Crippen molar-refractivity contribution in [3.8, 4) is 6.07 Å². The van der Waals surface area contributed by atoms with Crippen molar-refractivity contribution in [2.24, 2.45) is 5.92 Å². The van der Waals surface area contributed by atoms with Crippen LogP contribution in [0.5, 0.6) is 0 Å². The predicted octanol–water partition coefficient (Wildman–Crippen LogP) is 0.754. The minimum atomic E-state index is 0.652. The molecule has 2 heterocycles.